The van der Waals surface area contributed by atoms with Gasteiger partial charge >= 0.3 is 0 Å². The molecule has 0 rings (SSSR count). The summed E-state index contributed by atoms with van der Waals surface area (Å²) in [5.74, 6) is 0. The minimum Gasteiger partial charge on any atom is -0.331 e. The molecule has 0 unspecified atom stereocenters. The fourth-order valence-corrected chi connectivity index (χ4v) is 67.8. The molecule has 0 N–H and O–H groups in total. The van der Waals surface area contributed by atoms with E-state index < -0.39 is 105 Å². The Morgan fingerprint density at radius 2 is 0.184 bits per heavy atom. The fraction of sp³-hybridized carbons (Fsp3) is 1.00. The summed E-state index contributed by atoms with van der Waals surface area (Å²) in [6.45, 7) is 68.1. The van der Waals surface area contributed by atoms with Crippen LogP contribution in [0.4, 0.5) is 0 Å². The van der Waals surface area contributed by atoms with E-state index in [1.807, 2.05) is 0 Å². The third-order valence-corrected chi connectivity index (χ3v) is 84.2. The van der Waals surface area contributed by atoms with Crippen molar-refractivity contribution in [3.8, 4) is 0 Å². The van der Waals surface area contributed by atoms with Crippen molar-refractivity contribution in [2.24, 2.45) is 0 Å². The Kier molecular flexibility index (Phi) is 57.2. The number of hydrogen-bond donors (Lipinski definition) is 0. The zero-order chi connectivity index (χ0) is 96.9. The van der Waals surface area contributed by atoms with Crippen LogP contribution in [0.5, 0.6) is 0 Å². The summed E-state index contributed by atoms with van der Waals surface area (Å²) in [6, 6.07) is 51.4. The first-order chi connectivity index (χ1) is 56.1. The van der Waals surface area contributed by atoms with Gasteiger partial charge in [-0.2, -0.15) is 0 Å². The van der Waals surface area contributed by atoms with Gasteiger partial charge in [-0.25, -0.2) is 0 Å². The standard InChI is InChI=1S/C104H252N8Si13/c1-105(2,3)65-45-73-113(25,26)81-53-89-121(41,90-54-82-114(27,28)74-46-66-106(4,5)6)97-61-101-125(102-62-98-122(42,91-55-83-115(29,30)75-47-67-107(7,8)9)92-56-84-116(31,32)76-48-68-108(10,11)12,103-63-99-123(43,93-57-85-117(33,34)77-49-69-109(13,14)15)94-58-86-118(35,36)78-50-70-110(16,17)18)104-64-100-124(44,95-59-87-119(37,38)79-51-71-111(19,20)21)96-60-88-120(39,40)80-52-72-112(22,23)24/h45-104H2,1-44H3/q+8. The SMILES string of the molecule is C[N+](C)(C)CCC[Si](C)(C)CCC[Si](C)(CCC[Si](C)(C)CCC[N+](C)(C)C)CCC[Si](CCC[Si](C)(CCC[Si](C)(C)CCC[N+](C)(C)C)CCC[Si](C)(C)CCC[N+](C)(C)C)(CCC[Si](C)(CCC[Si](C)(C)CCC[N+](C)(C)C)CCC[Si](C)(C)CCC[N+](C)(C)C)CCC[Si](C)(CCC[Si](C)(C)CCC[N+](C)(C)C)CCC[Si](C)(C)CCC[N+](C)(C)C. The lowest BCUT2D eigenvalue weighted by molar-refractivity contribution is -0.870. The first kappa shape index (κ1) is 127. The normalized spacial score (nSPS) is 14.9. The van der Waals surface area contributed by atoms with E-state index in [2.05, 4.69) is 300 Å². The molecule has 21 heteroatoms. The predicted molar refractivity (Wildman–Crippen MR) is 621 cm³/mol. The van der Waals surface area contributed by atoms with Gasteiger partial charge < -0.3 is 35.9 Å². The van der Waals surface area contributed by atoms with Crippen molar-refractivity contribution in [3.05, 3.63) is 0 Å². The topological polar surface area (TPSA) is 0 Å². The van der Waals surface area contributed by atoms with Gasteiger partial charge in [-0.05, 0) is 51.4 Å². The Hall–Kier alpha value is 2.50. The van der Waals surface area contributed by atoms with Crippen LogP contribution in [0, 0.1) is 0 Å². The molecule has 0 aromatic rings. The van der Waals surface area contributed by atoms with Gasteiger partial charge in [0.15, 0.2) is 0 Å². The maximum Gasteiger partial charge on any atom is 0.0777 e. The van der Waals surface area contributed by atoms with E-state index in [-0.39, 0.29) is 0 Å². The lowest BCUT2D eigenvalue weighted by Gasteiger charge is -2.39. The molecule has 0 saturated carbocycles. The number of hydrogen-bond acceptors (Lipinski definition) is 0. The smallest absolute Gasteiger partial charge is 0.0777 e. The molecular weight excluding hydrogens is 1730 g/mol. The zero-order valence-electron chi connectivity index (χ0n) is 96.5. The van der Waals surface area contributed by atoms with Crippen molar-refractivity contribution < 1.29 is 35.9 Å². The van der Waals surface area contributed by atoms with Gasteiger partial charge in [0.2, 0.25) is 0 Å². The van der Waals surface area contributed by atoms with Gasteiger partial charge in [-0.3, -0.25) is 0 Å². The fourth-order valence-electron chi connectivity index (χ4n) is 23.0. The summed E-state index contributed by atoms with van der Waals surface area (Å²) in [6.07, 6.45) is 30.3. The molecule has 0 aliphatic carbocycles. The third-order valence-electron chi connectivity index (χ3n) is 32.5. The molecule has 0 fully saturated rings. The van der Waals surface area contributed by atoms with Gasteiger partial charge in [0.05, 0.1) is 262 Å². The first-order valence-electron chi connectivity index (χ1n) is 54.6. The second-order valence-electron chi connectivity index (χ2n) is 61.2. The Balaban J connectivity index is 9.12. The van der Waals surface area contributed by atoms with Gasteiger partial charge in [0, 0.05) is 64.6 Å². The van der Waals surface area contributed by atoms with E-state index in [0.29, 0.717) is 0 Å². The van der Waals surface area contributed by atoms with E-state index in [4.69, 9.17) is 0 Å². The minimum absolute atomic E-state index is 1.12. The van der Waals surface area contributed by atoms with Crippen molar-refractivity contribution in [1.82, 2.24) is 0 Å². The molecule has 0 aromatic carbocycles. The Morgan fingerprint density at radius 3 is 0.272 bits per heavy atom. The summed E-state index contributed by atoms with van der Waals surface area (Å²) in [5.41, 5.74) is 0. The molecule has 0 aliphatic rings. The molecule has 8 nitrogen and oxygen atoms in total. The molecule has 0 spiro atoms. The largest absolute Gasteiger partial charge is 0.331 e. The van der Waals surface area contributed by atoms with Gasteiger partial charge in [0.1, 0.15) is 0 Å². The van der Waals surface area contributed by atoms with Crippen LogP contribution in [0.15, 0.2) is 0 Å². The molecule has 0 heterocycles. The van der Waals surface area contributed by atoms with Crippen molar-refractivity contribution in [1.29, 1.82) is 0 Å². The number of quaternary nitrogens is 8. The van der Waals surface area contributed by atoms with Crippen molar-refractivity contribution in [2.75, 3.05) is 222 Å². The summed E-state index contributed by atoms with van der Waals surface area (Å²) in [7, 11) is 40.2. The van der Waals surface area contributed by atoms with E-state index in [9.17, 15) is 0 Å². The monoisotopic (exact) mass is 1980 g/mol. The molecule has 0 saturated heterocycles. The first-order valence-corrected chi connectivity index (χ1v) is 97.2. The Labute approximate surface area is 808 Å². The molecule has 0 bridgehead atoms. The van der Waals surface area contributed by atoms with Gasteiger partial charge in [0.25, 0.3) is 0 Å². The van der Waals surface area contributed by atoms with Crippen LogP contribution in [0.2, 0.25) is 324 Å². The lowest BCUT2D eigenvalue weighted by Crippen LogP contribution is -2.39. The number of rotatable bonds is 80. The molecule has 0 aromatic heterocycles. The third kappa shape index (κ3) is 74.3. The molecule has 0 radical (unpaired) electrons. The van der Waals surface area contributed by atoms with Crippen molar-refractivity contribution in [3.63, 3.8) is 0 Å². The highest BCUT2D eigenvalue weighted by Crippen LogP contribution is 2.45. The molecule has 125 heavy (non-hydrogen) atoms. The van der Waals surface area contributed by atoms with Crippen molar-refractivity contribution >= 4 is 105 Å². The maximum absolute atomic E-state index is 3.07. The second-order valence-corrected chi connectivity index (χ2v) is 129. The zero-order valence-corrected chi connectivity index (χ0v) is 110. The van der Waals surface area contributed by atoms with E-state index in [1.165, 1.54) is 152 Å². The molecular formula is C104H252N8Si13+8. The van der Waals surface area contributed by atoms with E-state index in [1.54, 1.807) is 222 Å². The summed E-state index contributed by atoms with van der Waals surface area (Å²) in [4.78, 5) is 0. The average molecular weight is 1980 g/mol. The average Bonchev–Trinajstić information content (AvgIpc) is 0.844. The van der Waals surface area contributed by atoms with Crippen LogP contribution in [0.25, 0.3) is 0 Å². The molecule has 0 amide bonds. The Morgan fingerprint density at radius 1 is 0.104 bits per heavy atom. The van der Waals surface area contributed by atoms with Crippen LogP contribution in [0.1, 0.15) is 128 Å². The summed E-state index contributed by atoms with van der Waals surface area (Å²) >= 11 is 0. The Bertz CT molecular complexity index is 2260. The molecule has 0 aliphatic heterocycles. The number of nitrogens with zero attached hydrogens (tertiary/aromatic N) is 8. The minimum atomic E-state index is -1.80. The lowest BCUT2D eigenvalue weighted by atomic mass is 10.4. The van der Waals surface area contributed by atoms with Crippen LogP contribution < -0.4 is 0 Å². The molecule has 752 valence electrons. The van der Waals surface area contributed by atoms with Crippen LogP contribution in [-0.4, -0.2) is 362 Å². The maximum atomic E-state index is 3.07. The van der Waals surface area contributed by atoms with Crippen LogP contribution in [0.3, 0.4) is 0 Å². The van der Waals surface area contributed by atoms with Crippen LogP contribution in [-0.2, 0) is 0 Å². The summed E-state index contributed by atoms with van der Waals surface area (Å²) < 4.78 is 8.99. The summed E-state index contributed by atoms with van der Waals surface area (Å²) in [5, 5.41) is 0. The molecule has 0 atom stereocenters. The predicted octanol–water partition coefficient (Wildman–Crippen LogP) is 30.9. The highest BCUT2D eigenvalue weighted by molar-refractivity contribution is 6.85. The van der Waals surface area contributed by atoms with E-state index >= 15 is 0 Å². The van der Waals surface area contributed by atoms with E-state index in [0.717, 1.165) is 35.9 Å². The van der Waals surface area contributed by atoms with Gasteiger partial charge in [-0.15, -0.1) is 0 Å². The highest BCUT2D eigenvalue weighted by Gasteiger charge is 2.41. The highest BCUT2D eigenvalue weighted by atomic mass is 28.4. The quantitative estimate of drug-likeness (QED) is 0.0421. The van der Waals surface area contributed by atoms with Crippen molar-refractivity contribution in [2.45, 2.75) is 453 Å². The second kappa shape index (κ2) is 56.1. The van der Waals surface area contributed by atoms with Gasteiger partial charge in [-0.1, -0.05) is 401 Å². The van der Waals surface area contributed by atoms with Crippen LogP contribution >= 0.6 is 0 Å².